The first-order chi connectivity index (χ1) is 11.7. The highest BCUT2D eigenvalue weighted by atomic mass is 32.2. The first-order valence-electron chi connectivity index (χ1n) is 7.98. The first-order valence-corrected chi connectivity index (χ1v) is 9.42. The SMILES string of the molecule is CN(C)C1CCN(S(=O)(=O)c2ccc(C(=O)NCC(=O)O)cc2)CC1. The van der Waals surface area contributed by atoms with E-state index in [0.29, 0.717) is 19.1 Å². The van der Waals surface area contributed by atoms with E-state index in [1.54, 1.807) is 0 Å². The summed E-state index contributed by atoms with van der Waals surface area (Å²) in [7, 11) is 0.388. The lowest BCUT2D eigenvalue weighted by Gasteiger charge is -2.34. The summed E-state index contributed by atoms with van der Waals surface area (Å²) in [6.07, 6.45) is 1.56. The Labute approximate surface area is 147 Å². The zero-order chi connectivity index (χ0) is 18.6. The van der Waals surface area contributed by atoms with Gasteiger partial charge >= 0.3 is 5.97 Å². The number of carbonyl (C=O) groups excluding carboxylic acids is 1. The lowest BCUT2D eigenvalue weighted by molar-refractivity contribution is -0.135. The van der Waals surface area contributed by atoms with Crippen molar-refractivity contribution in [2.45, 2.75) is 23.8 Å². The molecule has 2 rings (SSSR count). The lowest BCUT2D eigenvalue weighted by atomic mass is 10.1. The normalized spacial score (nSPS) is 16.8. The molecule has 0 aliphatic carbocycles. The largest absolute Gasteiger partial charge is 0.480 e. The number of aliphatic carboxylic acids is 1. The van der Waals surface area contributed by atoms with Crippen LogP contribution >= 0.6 is 0 Å². The van der Waals surface area contributed by atoms with Crippen LogP contribution in [0.3, 0.4) is 0 Å². The Morgan fingerprint density at radius 3 is 2.24 bits per heavy atom. The molecule has 1 aliphatic rings. The molecule has 2 N–H and O–H groups in total. The molecule has 1 saturated heterocycles. The van der Waals surface area contributed by atoms with Gasteiger partial charge in [0.1, 0.15) is 6.54 Å². The van der Waals surface area contributed by atoms with E-state index in [1.165, 1.54) is 28.6 Å². The van der Waals surface area contributed by atoms with Crippen LogP contribution in [0, 0.1) is 0 Å². The molecule has 1 fully saturated rings. The Bertz CT molecular complexity index is 723. The third-order valence-corrected chi connectivity index (χ3v) is 6.22. The van der Waals surface area contributed by atoms with Crippen molar-refractivity contribution >= 4 is 21.9 Å². The predicted molar refractivity (Wildman–Crippen MR) is 91.9 cm³/mol. The van der Waals surface area contributed by atoms with Gasteiger partial charge in [-0.25, -0.2) is 8.42 Å². The van der Waals surface area contributed by atoms with E-state index < -0.39 is 28.4 Å². The number of sulfonamides is 1. The fraction of sp³-hybridized carbons (Fsp3) is 0.500. The standard InChI is InChI=1S/C16H23N3O5S/c1-18(2)13-7-9-19(10-8-13)25(23,24)14-5-3-12(4-6-14)16(22)17-11-15(20)21/h3-6,13H,7-11H2,1-2H3,(H,17,22)(H,20,21). The quantitative estimate of drug-likeness (QED) is 0.743. The van der Waals surface area contributed by atoms with E-state index in [9.17, 15) is 18.0 Å². The summed E-state index contributed by atoms with van der Waals surface area (Å²) >= 11 is 0. The molecule has 0 aromatic heterocycles. The third-order valence-electron chi connectivity index (χ3n) is 4.31. The van der Waals surface area contributed by atoms with Crippen LogP contribution in [0.5, 0.6) is 0 Å². The van der Waals surface area contributed by atoms with Gasteiger partial charge in [0.25, 0.3) is 5.91 Å². The number of benzene rings is 1. The van der Waals surface area contributed by atoms with Crippen LogP contribution in [0.4, 0.5) is 0 Å². The Kier molecular flexibility index (Phi) is 6.15. The molecule has 25 heavy (non-hydrogen) atoms. The number of nitrogens with zero attached hydrogens (tertiary/aromatic N) is 2. The zero-order valence-electron chi connectivity index (χ0n) is 14.3. The second-order valence-corrected chi connectivity index (χ2v) is 8.14. The van der Waals surface area contributed by atoms with E-state index in [0.717, 1.165) is 12.8 Å². The Morgan fingerprint density at radius 2 is 1.76 bits per heavy atom. The summed E-state index contributed by atoms with van der Waals surface area (Å²) in [5.74, 6) is -1.70. The van der Waals surface area contributed by atoms with Crippen molar-refractivity contribution in [1.29, 1.82) is 0 Å². The Hall–Kier alpha value is -1.97. The molecule has 9 heteroatoms. The van der Waals surface area contributed by atoms with E-state index in [2.05, 4.69) is 10.2 Å². The molecule has 0 atom stereocenters. The van der Waals surface area contributed by atoms with Gasteiger partial charge in [-0.15, -0.1) is 0 Å². The molecule has 1 aliphatic heterocycles. The molecular weight excluding hydrogens is 346 g/mol. The number of carbonyl (C=O) groups is 2. The Balaban J connectivity index is 2.05. The minimum absolute atomic E-state index is 0.130. The summed E-state index contributed by atoms with van der Waals surface area (Å²) < 4.78 is 26.9. The van der Waals surface area contributed by atoms with Gasteiger partial charge in [-0.05, 0) is 51.2 Å². The summed E-state index contributed by atoms with van der Waals surface area (Å²) in [5.41, 5.74) is 0.214. The van der Waals surface area contributed by atoms with Gasteiger partial charge < -0.3 is 15.3 Å². The van der Waals surface area contributed by atoms with Crippen LogP contribution in [-0.2, 0) is 14.8 Å². The number of carboxylic acid groups (broad SMARTS) is 1. The van der Waals surface area contributed by atoms with Crippen molar-refractivity contribution in [3.63, 3.8) is 0 Å². The molecule has 0 saturated carbocycles. The van der Waals surface area contributed by atoms with Crippen molar-refractivity contribution in [1.82, 2.24) is 14.5 Å². The van der Waals surface area contributed by atoms with Crippen LogP contribution in [0.15, 0.2) is 29.2 Å². The molecule has 1 heterocycles. The number of carboxylic acids is 1. The second kappa shape index (κ2) is 7.94. The van der Waals surface area contributed by atoms with E-state index >= 15 is 0 Å². The molecule has 8 nitrogen and oxygen atoms in total. The van der Waals surface area contributed by atoms with E-state index in [4.69, 9.17) is 5.11 Å². The maximum atomic E-state index is 12.7. The second-order valence-electron chi connectivity index (χ2n) is 6.20. The maximum absolute atomic E-state index is 12.7. The number of nitrogens with one attached hydrogen (secondary N) is 1. The lowest BCUT2D eigenvalue weighted by Crippen LogP contribution is -2.44. The van der Waals surface area contributed by atoms with Gasteiger partial charge in [0.05, 0.1) is 4.90 Å². The predicted octanol–water partition coefficient (Wildman–Crippen LogP) is 0.216. The van der Waals surface area contributed by atoms with E-state index in [1.807, 2.05) is 14.1 Å². The van der Waals surface area contributed by atoms with Gasteiger partial charge in [-0.2, -0.15) is 4.31 Å². The highest BCUT2D eigenvalue weighted by Gasteiger charge is 2.30. The molecule has 0 bridgehead atoms. The number of hydrogen-bond acceptors (Lipinski definition) is 5. The van der Waals surface area contributed by atoms with Gasteiger partial charge in [0, 0.05) is 24.7 Å². The summed E-state index contributed by atoms with van der Waals surface area (Å²) in [4.78, 5) is 24.5. The van der Waals surface area contributed by atoms with Crippen LogP contribution in [0.1, 0.15) is 23.2 Å². The van der Waals surface area contributed by atoms with Crippen LogP contribution in [0.2, 0.25) is 0 Å². The number of amides is 1. The fourth-order valence-electron chi connectivity index (χ4n) is 2.78. The van der Waals surface area contributed by atoms with Gasteiger partial charge in [-0.1, -0.05) is 0 Å². The van der Waals surface area contributed by atoms with Crippen molar-refractivity contribution < 1.29 is 23.1 Å². The molecule has 0 unspecified atom stereocenters. The highest BCUT2D eigenvalue weighted by Crippen LogP contribution is 2.22. The molecular formula is C16H23N3O5S. The van der Waals surface area contributed by atoms with Crippen molar-refractivity contribution in [3.05, 3.63) is 29.8 Å². The molecule has 0 spiro atoms. The molecule has 0 radical (unpaired) electrons. The molecule has 1 amide bonds. The van der Waals surface area contributed by atoms with Crippen LogP contribution in [-0.4, -0.2) is 74.4 Å². The minimum atomic E-state index is -3.59. The average Bonchev–Trinajstić information content (AvgIpc) is 2.59. The monoisotopic (exact) mass is 369 g/mol. The summed E-state index contributed by atoms with van der Waals surface area (Å²) in [6.45, 7) is 0.442. The van der Waals surface area contributed by atoms with E-state index in [-0.39, 0.29) is 10.5 Å². The minimum Gasteiger partial charge on any atom is -0.480 e. The maximum Gasteiger partial charge on any atom is 0.322 e. The molecule has 1 aromatic rings. The highest BCUT2D eigenvalue weighted by molar-refractivity contribution is 7.89. The molecule has 138 valence electrons. The van der Waals surface area contributed by atoms with Gasteiger partial charge in [0.15, 0.2) is 0 Å². The average molecular weight is 369 g/mol. The zero-order valence-corrected chi connectivity index (χ0v) is 15.1. The van der Waals surface area contributed by atoms with Crippen molar-refractivity contribution in [2.24, 2.45) is 0 Å². The topological polar surface area (TPSA) is 107 Å². The number of piperidine rings is 1. The van der Waals surface area contributed by atoms with Crippen LogP contribution < -0.4 is 5.32 Å². The van der Waals surface area contributed by atoms with Crippen LogP contribution in [0.25, 0.3) is 0 Å². The first kappa shape index (κ1) is 19.4. The fourth-order valence-corrected chi connectivity index (χ4v) is 4.25. The summed E-state index contributed by atoms with van der Waals surface area (Å²) in [6, 6.07) is 5.91. The van der Waals surface area contributed by atoms with Gasteiger partial charge in [-0.3, -0.25) is 9.59 Å². The number of rotatable bonds is 6. The summed E-state index contributed by atoms with van der Waals surface area (Å²) in [5, 5.41) is 10.8. The smallest absolute Gasteiger partial charge is 0.322 e. The third kappa shape index (κ3) is 4.77. The van der Waals surface area contributed by atoms with Gasteiger partial charge in [0.2, 0.25) is 10.0 Å². The Morgan fingerprint density at radius 1 is 1.20 bits per heavy atom. The number of hydrogen-bond donors (Lipinski definition) is 2. The van der Waals surface area contributed by atoms with Crippen molar-refractivity contribution in [3.8, 4) is 0 Å². The molecule has 1 aromatic carbocycles. The van der Waals surface area contributed by atoms with Crippen molar-refractivity contribution in [2.75, 3.05) is 33.7 Å².